The summed E-state index contributed by atoms with van der Waals surface area (Å²) >= 11 is 3.36. The number of aromatic carboxylic acids is 1. The van der Waals surface area contributed by atoms with Crippen LogP contribution in [0.25, 0.3) is 0 Å². The molecule has 4 nitrogen and oxygen atoms in total. The molecular weight excluding hydrogens is 284 g/mol. The van der Waals surface area contributed by atoms with E-state index < -0.39 is 5.97 Å². The number of carboxylic acid groups (broad SMARTS) is 1. The molecule has 1 aromatic carbocycles. The van der Waals surface area contributed by atoms with Gasteiger partial charge in [-0.25, -0.2) is 4.79 Å². The van der Waals surface area contributed by atoms with Crippen LogP contribution in [0, 0.1) is 0 Å². The van der Waals surface area contributed by atoms with Crippen molar-refractivity contribution in [2.24, 2.45) is 0 Å². The van der Waals surface area contributed by atoms with Crippen LogP contribution >= 0.6 is 15.9 Å². The summed E-state index contributed by atoms with van der Waals surface area (Å²) in [5, 5.41) is 9.03. The normalized spacial score (nSPS) is 17.2. The highest BCUT2D eigenvalue weighted by Crippen LogP contribution is 2.23. The minimum absolute atomic E-state index is 0.327. The van der Waals surface area contributed by atoms with Gasteiger partial charge in [-0.15, -0.1) is 0 Å². The molecule has 1 aliphatic heterocycles. The fourth-order valence-electron chi connectivity index (χ4n) is 1.94. The first kappa shape index (κ1) is 12.4. The van der Waals surface area contributed by atoms with Gasteiger partial charge in [0.25, 0.3) is 0 Å². The Balaban J connectivity index is 2.23. The molecule has 0 unspecified atom stereocenters. The van der Waals surface area contributed by atoms with Crippen molar-refractivity contribution in [2.75, 3.05) is 38.1 Å². The maximum Gasteiger partial charge on any atom is 0.335 e. The second kappa shape index (κ2) is 5.06. The molecule has 0 aromatic heterocycles. The number of piperazine rings is 1. The maximum atomic E-state index is 11.0. The predicted molar refractivity (Wildman–Crippen MR) is 70.8 cm³/mol. The van der Waals surface area contributed by atoms with Crippen molar-refractivity contribution in [3.05, 3.63) is 28.2 Å². The zero-order valence-electron chi connectivity index (χ0n) is 9.69. The average Bonchev–Trinajstić information content (AvgIpc) is 2.29. The Morgan fingerprint density at radius 1 is 1.24 bits per heavy atom. The third-order valence-corrected chi connectivity index (χ3v) is 3.46. The smallest absolute Gasteiger partial charge is 0.335 e. The van der Waals surface area contributed by atoms with Crippen molar-refractivity contribution < 1.29 is 9.90 Å². The van der Waals surface area contributed by atoms with Crippen LogP contribution in [0.2, 0.25) is 0 Å². The zero-order valence-corrected chi connectivity index (χ0v) is 11.3. The molecule has 1 aliphatic rings. The lowest BCUT2D eigenvalue weighted by molar-refractivity contribution is 0.0697. The van der Waals surface area contributed by atoms with Gasteiger partial charge in [0.05, 0.1) is 5.56 Å². The lowest BCUT2D eigenvalue weighted by Crippen LogP contribution is -2.44. The van der Waals surface area contributed by atoms with Crippen LogP contribution in [0.15, 0.2) is 22.7 Å². The van der Waals surface area contributed by atoms with Gasteiger partial charge >= 0.3 is 5.97 Å². The molecule has 1 aromatic rings. The molecule has 1 N–H and O–H groups in total. The molecule has 0 radical (unpaired) electrons. The Morgan fingerprint density at radius 2 is 1.88 bits per heavy atom. The third kappa shape index (κ3) is 2.98. The van der Waals surface area contributed by atoms with Gasteiger partial charge in [-0.2, -0.15) is 0 Å². The monoisotopic (exact) mass is 298 g/mol. The van der Waals surface area contributed by atoms with Crippen molar-refractivity contribution in [1.29, 1.82) is 0 Å². The average molecular weight is 299 g/mol. The van der Waals surface area contributed by atoms with E-state index in [1.165, 1.54) is 0 Å². The molecule has 1 heterocycles. The van der Waals surface area contributed by atoms with Gasteiger partial charge < -0.3 is 14.9 Å². The summed E-state index contributed by atoms with van der Waals surface area (Å²) < 4.78 is 0.811. The Morgan fingerprint density at radius 3 is 2.47 bits per heavy atom. The standard InChI is InChI=1S/C12H15BrN2O2/c1-14-2-4-15(5-3-14)11-7-9(12(16)17)6-10(13)8-11/h6-8H,2-5H2,1H3,(H,16,17). The zero-order chi connectivity index (χ0) is 12.4. The van der Waals surface area contributed by atoms with Crippen molar-refractivity contribution in [3.8, 4) is 0 Å². The summed E-state index contributed by atoms with van der Waals surface area (Å²) in [4.78, 5) is 15.5. The maximum absolute atomic E-state index is 11.0. The summed E-state index contributed by atoms with van der Waals surface area (Å²) in [5.41, 5.74) is 1.30. The van der Waals surface area contributed by atoms with E-state index in [1.54, 1.807) is 12.1 Å². The van der Waals surface area contributed by atoms with E-state index in [2.05, 4.69) is 32.8 Å². The molecule has 0 amide bonds. The summed E-state index contributed by atoms with van der Waals surface area (Å²) in [6.07, 6.45) is 0. The molecule has 5 heteroatoms. The minimum atomic E-state index is -0.887. The van der Waals surface area contributed by atoms with Crippen molar-refractivity contribution in [1.82, 2.24) is 4.90 Å². The molecule has 0 aliphatic carbocycles. The largest absolute Gasteiger partial charge is 0.478 e. The van der Waals surface area contributed by atoms with Crippen LogP contribution in [-0.4, -0.2) is 49.2 Å². The molecule has 17 heavy (non-hydrogen) atoms. The molecule has 0 spiro atoms. The highest BCUT2D eigenvalue weighted by Gasteiger charge is 2.16. The lowest BCUT2D eigenvalue weighted by atomic mass is 10.1. The van der Waals surface area contributed by atoms with Crippen molar-refractivity contribution >= 4 is 27.6 Å². The molecule has 0 saturated carbocycles. The Labute approximate surface area is 109 Å². The first-order valence-electron chi connectivity index (χ1n) is 5.53. The highest BCUT2D eigenvalue weighted by molar-refractivity contribution is 9.10. The number of carboxylic acids is 1. The molecule has 1 saturated heterocycles. The summed E-state index contributed by atoms with van der Waals surface area (Å²) in [5.74, 6) is -0.887. The number of carbonyl (C=O) groups is 1. The van der Waals surface area contributed by atoms with Gasteiger partial charge in [0.2, 0.25) is 0 Å². The van der Waals surface area contributed by atoms with E-state index in [1.807, 2.05) is 6.07 Å². The number of rotatable bonds is 2. The van der Waals surface area contributed by atoms with Gasteiger partial charge in [0, 0.05) is 36.3 Å². The molecule has 92 valence electrons. The molecule has 2 rings (SSSR count). The second-order valence-electron chi connectivity index (χ2n) is 4.29. The van der Waals surface area contributed by atoms with Gasteiger partial charge in [-0.3, -0.25) is 0 Å². The quantitative estimate of drug-likeness (QED) is 0.906. The van der Waals surface area contributed by atoms with Crippen LogP contribution < -0.4 is 4.90 Å². The fourth-order valence-corrected chi connectivity index (χ4v) is 2.43. The van der Waals surface area contributed by atoms with Crippen LogP contribution in [0.5, 0.6) is 0 Å². The predicted octanol–water partition coefficient (Wildman–Crippen LogP) is 1.90. The highest BCUT2D eigenvalue weighted by atomic mass is 79.9. The number of nitrogens with zero attached hydrogens (tertiary/aromatic N) is 2. The Bertz CT molecular complexity index is 429. The SMILES string of the molecule is CN1CCN(c2cc(Br)cc(C(=O)O)c2)CC1. The lowest BCUT2D eigenvalue weighted by Gasteiger charge is -2.34. The first-order valence-corrected chi connectivity index (χ1v) is 6.33. The number of hydrogen-bond acceptors (Lipinski definition) is 3. The van der Waals surface area contributed by atoms with E-state index in [-0.39, 0.29) is 0 Å². The number of anilines is 1. The van der Waals surface area contributed by atoms with Gasteiger partial charge in [-0.05, 0) is 25.2 Å². The minimum Gasteiger partial charge on any atom is -0.478 e. The van der Waals surface area contributed by atoms with E-state index in [0.717, 1.165) is 36.3 Å². The van der Waals surface area contributed by atoms with E-state index in [9.17, 15) is 4.79 Å². The van der Waals surface area contributed by atoms with Gasteiger partial charge in [0.1, 0.15) is 0 Å². The van der Waals surface area contributed by atoms with Gasteiger partial charge in [0.15, 0.2) is 0 Å². The Kier molecular flexibility index (Phi) is 3.69. The summed E-state index contributed by atoms with van der Waals surface area (Å²) in [7, 11) is 2.10. The summed E-state index contributed by atoms with van der Waals surface area (Å²) in [6, 6.07) is 5.33. The van der Waals surface area contributed by atoms with E-state index in [0.29, 0.717) is 5.56 Å². The van der Waals surface area contributed by atoms with Crippen LogP contribution in [-0.2, 0) is 0 Å². The van der Waals surface area contributed by atoms with E-state index >= 15 is 0 Å². The molecule has 0 bridgehead atoms. The fraction of sp³-hybridized carbons (Fsp3) is 0.417. The number of benzene rings is 1. The van der Waals surface area contributed by atoms with Crippen LogP contribution in [0.3, 0.4) is 0 Å². The van der Waals surface area contributed by atoms with Crippen molar-refractivity contribution in [2.45, 2.75) is 0 Å². The third-order valence-electron chi connectivity index (χ3n) is 3.00. The first-order chi connectivity index (χ1) is 8.06. The number of likely N-dealkylation sites (N-methyl/N-ethyl adjacent to an activating group) is 1. The molecule has 0 atom stereocenters. The van der Waals surface area contributed by atoms with Gasteiger partial charge in [-0.1, -0.05) is 15.9 Å². The van der Waals surface area contributed by atoms with E-state index in [4.69, 9.17) is 5.11 Å². The van der Waals surface area contributed by atoms with Crippen LogP contribution in [0.4, 0.5) is 5.69 Å². The molecule has 1 fully saturated rings. The molecular formula is C12H15BrN2O2. The summed E-state index contributed by atoms with van der Waals surface area (Å²) in [6.45, 7) is 3.89. The van der Waals surface area contributed by atoms with Crippen LogP contribution in [0.1, 0.15) is 10.4 Å². The number of halogens is 1. The number of hydrogen-bond donors (Lipinski definition) is 1. The Hall–Kier alpha value is -1.07. The topological polar surface area (TPSA) is 43.8 Å². The second-order valence-corrected chi connectivity index (χ2v) is 5.21. The van der Waals surface area contributed by atoms with Crippen molar-refractivity contribution in [3.63, 3.8) is 0 Å².